The van der Waals surface area contributed by atoms with E-state index in [1.165, 1.54) is 18.2 Å². The summed E-state index contributed by atoms with van der Waals surface area (Å²) in [4.78, 5) is 0. The van der Waals surface area contributed by atoms with Crippen molar-refractivity contribution in [3.63, 3.8) is 0 Å². The van der Waals surface area contributed by atoms with E-state index in [-0.39, 0.29) is 23.8 Å². The van der Waals surface area contributed by atoms with Gasteiger partial charge in [0.05, 0.1) is 32.0 Å². The van der Waals surface area contributed by atoms with Crippen molar-refractivity contribution in [2.45, 2.75) is 37.1 Å². The van der Waals surface area contributed by atoms with Gasteiger partial charge < -0.3 is 25.0 Å². The largest absolute Gasteiger partial charge is 0.504 e. The highest BCUT2D eigenvalue weighted by Crippen LogP contribution is 2.34. The van der Waals surface area contributed by atoms with Crippen LogP contribution in [0.1, 0.15) is 29.0 Å². The summed E-state index contributed by atoms with van der Waals surface area (Å²) < 4.78 is 11.4. The topological polar surface area (TPSA) is 71.0 Å². The Morgan fingerprint density at radius 2 is 1.65 bits per heavy atom. The molecule has 3 N–H and O–H groups in total. The van der Waals surface area contributed by atoms with Crippen LogP contribution in [0, 0.1) is 0 Å². The standard InChI is InChI=1S/C26H29NO4/c1-30-24-13-12-18(14-23(24)29)16-27-21-17-31-25(15-22(21)28)26(19-8-4-2-5-9-19)20-10-6-3-7-11-20/h2-14,21-22,25-29H,15-17H2,1H3/t21-,22-,25+/m1/s1. The Kier molecular flexibility index (Phi) is 6.87. The number of phenolic OH excluding ortho intramolecular Hbond substituents is 1. The van der Waals surface area contributed by atoms with Crippen LogP contribution in [0.3, 0.4) is 0 Å². The molecule has 3 aromatic carbocycles. The molecule has 0 spiro atoms. The third kappa shape index (κ3) is 5.07. The van der Waals surface area contributed by atoms with Crippen LogP contribution < -0.4 is 10.1 Å². The molecule has 0 aliphatic carbocycles. The van der Waals surface area contributed by atoms with Crippen LogP contribution in [-0.2, 0) is 11.3 Å². The Balaban J connectivity index is 1.43. The molecular weight excluding hydrogens is 390 g/mol. The molecular formula is C26H29NO4. The predicted molar refractivity (Wildman–Crippen MR) is 120 cm³/mol. The maximum absolute atomic E-state index is 10.9. The second-order valence-corrected chi connectivity index (χ2v) is 7.97. The minimum atomic E-state index is -0.527. The zero-order valence-electron chi connectivity index (χ0n) is 17.6. The number of aromatic hydroxyl groups is 1. The van der Waals surface area contributed by atoms with Gasteiger partial charge in [-0.3, -0.25) is 0 Å². The molecule has 1 saturated heterocycles. The number of rotatable bonds is 7. The average molecular weight is 420 g/mol. The van der Waals surface area contributed by atoms with Gasteiger partial charge in [-0.2, -0.15) is 0 Å². The van der Waals surface area contributed by atoms with Gasteiger partial charge in [0, 0.05) is 18.9 Å². The molecule has 3 atom stereocenters. The number of benzene rings is 3. The Hall–Kier alpha value is -2.86. The molecule has 162 valence electrons. The molecule has 1 aliphatic heterocycles. The summed E-state index contributed by atoms with van der Waals surface area (Å²) in [6.45, 7) is 0.943. The van der Waals surface area contributed by atoms with Crippen LogP contribution in [0.2, 0.25) is 0 Å². The number of ether oxygens (including phenoxy) is 2. The normalized spacial score (nSPS) is 21.2. The molecule has 31 heavy (non-hydrogen) atoms. The minimum absolute atomic E-state index is 0.0662. The van der Waals surface area contributed by atoms with Crippen molar-refractivity contribution in [1.82, 2.24) is 5.32 Å². The van der Waals surface area contributed by atoms with E-state index in [2.05, 4.69) is 29.6 Å². The van der Waals surface area contributed by atoms with E-state index in [4.69, 9.17) is 9.47 Å². The second kappa shape index (κ2) is 9.96. The highest BCUT2D eigenvalue weighted by atomic mass is 16.5. The molecule has 0 unspecified atom stereocenters. The molecule has 1 fully saturated rings. The van der Waals surface area contributed by atoms with Gasteiger partial charge in [-0.25, -0.2) is 0 Å². The number of aliphatic hydroxyl groups is 1. The number of aliphatic hydroxyl groups excluding tert-OH is 1. The Morgan fingerprint density at radius 3 is 2.19 bits per heavy atom. The van der Waals surface area contributed by atoms with Crippen LogP contribution in [0.25, 0.3) is 0 Å². The highest BCUT2D eigenvalue weighted by Gasteiger charge is 2.35. The van der Waals surface area contributed by atoms with Crippen molar-refractivity contribution in [3.05, 3.63) is 95.6 Å². The monoisotopic (exact) mass is 419 g/mol. The first-order valence-corrected chi connectivity index (χ1v) is 10.6. The highest BCUT2D eigenvalue weighted by molar-refractivity contribution is 5.41. The van der Waals surface area contributed by atoms with Crippen LogP contribution in [0.15, 0.2) is 78.9 Å². The quantitative estimate of drug-likeness (QED) is 0.543. The van der Waals surface area contributed by atoms with E-state index in [1.54, 1.807) is 12.1 Å². The van der Waals surface area contributed by atoms with Gasteiger partial charge >= 0.3 is 0 Å². The van der Waals surface area contributed by atoms with E-state index >= 15 is 0 Å². The summed E-state index contributed by atoms with van der Waals surface area (Å²) in [6.07, 6.45) is -0.0941. The molecule has 5 heteroatoms. The average Bonchev–Trinajstić information content (AvgIpc) is 2.80. The van der Waals surface area contributed by atoms with Crippen molar-refractivity contribution in [2.24, 2.45) is 0 Å². The number of hydrogen-bond donors (Lipinski definition) is 3. The van der Waals surface area contributed by atoms with Gasteiger partial charge in [-0.05, 0) is 28.8 Å². The fraction of sp³-hybridized carbons (Fsp3) is 0.308. The van der Waals surface area contributed by atoms with Gasteiger partial charge in [-0.15, -0.1) is 0 Å². The summed E-state index contributed by atoms with van der Waals surface area (Å²) in [5.74, 6) is 0.618. The number of methoxy groups -OCH3 is 1. The lowest BCUT2D eigenvalue weighted by molar-refractivity contribution is -0.0718. The smallest absolute Gasteiger partial charge is 0.160 e. The van der Waals surface area contributed by atoms with E-state index in [0.717, 1.165) is 5.56 Å². The number of nitrogens with one attached hydrogen (secondary N) is 1. The van der Waals surface area contributed by atoms with E-state index in [0.29, 0.717) is 25.3 Å². The molecule has 1 heterocycles. The maximum Gasteiger partial charge on any atom is 0.160 e. The summed E-state index contributed by atoms with van der Waals surface area (Å²) in [5, 5.41) is 24.2. The van der Waals surface area contributed by atoms with Gasteiger partial charge in [0.1, 0.15) is 0 Å². The first-order chi connectivity index (χ1) is 15.2. The van der Waals surface area contributed by atoms with Crippen molar-refractivity contribution < 1.29 is 19.7 Å². The zero-order valence-corrected chi connectivity index (χ0v) is 17.6. The van der Waals surface area contributed by atoms with E-state index in [1.807, 2.05) is 42.5 Å². The van der Waals surface area contributed by atoms with E-state index in [9.17, 15) is 10.2 Å². The Bertz CT molecular complexity index is 924. The van der Waals surface area contributed by atoms with Gasteiger partial charge in [0.15, 0.2) is 11.5 Å². The molecule has 0 aromatic heterocycles. The summed E-state index contributed by atoms with van der Waals surface area (Å²) in [5.41, 5.74) is 3.29. The van der Waals surface area contributed by atoms with Crippen LogP contribution >= 0.6 is 0 Å². The fourth-order valence-corrected chi connectivity index (χ4v) is 4.27. The number of hydrogen-bond acceptors (Lipinski definition) is 5. The first kappa shape index (κ1) is 21.4. The summed E-state index contributed by atoms with van der Waals surface area (Å²) >= 11 is 0. The molecule has 3 aromatic rings. The Morgan fingerprint density at radius 1 is 1.00 bits per heavy atom. The van der Waals surface area contributed by atoms with Crippen LogP contribution in [0.5, 0.6) is 11.5 Å². The van der Waals surface area contributed by atoms with Crippen molar-refractivity contribution >= 4 is 0 Å². The number of phenols is 1. The second-order valence-electron chi connectivity index (χ2n) is 7.97. The lowest BCUT2D eigenvalue weighted by atomic mass is 9.82. The third-order valence-electron chi connectivity index (χ3n) is 5.93. The van der Waals surface area contributed by atoms with Gasteiger partial charge in [0.2, 0.25) is 0 Å². The van der Waals surface area contributed by atoms with Crippen molar-refractivity contribution in [1.29, 1.82) is 0 Å². The summed E-state index contributed by atoms with van der Waals surface area (Å²) in [6, 6.07) is 25.8. The van der Waals surface area contributed by atoms with Gasteiger partial charge in [-0.1, -0.05) is 66.7 Å². The fourth-order valence-electron chi connectivity index (χ4n) is 4.27. The third-order valence-corrected chi connectivity index (χ3v) is 5.93. The molecule has 0 amide bonds. The lowest BCUT2D eigenvalue weighted by Crippen LogP contribution is -2.50. The maximum atomic E-state index is 10.9. The SMILES string of the molecule is COc1ccc(CN[C@@H]2CO[C@H](C(c3ccccc3)c3ccccc3)C[C@H]2O)cc1O. The molecule has 4 rings (SSSR count). The predicted octanol–water partition coefficient (Wildman–Crippen LogP) is 3.84. The lowest BCUT2D eigenvalue weighted by Gasteiger charge is -2.38. The zero-order chi connectivity index (χ0) is 21.6. The summed E-state index contributed by atoms with van der Waals surface area (Å²) in [7, 11) is 1.53. The molecule has 0 radical (unpaired) electrons. The van der Waals surface area contributed by atoms with Crippen LogP contribution in [-0.4, -0.2) is 42.2 Å². The van der Waals surface area contributed by atoms with E-state index < -0.39 is 6.10 Å². The molecule has 5 nitrogen and oxygen atoms in total. The van der Waals surface area contributed by atoms with Crippen molar-refractivity contribution in [3.8, 4) is 11.5 Å². The first-order valence-electron chi connectivity index (χ1n) is 10.6. The molecule has 1 aliphatic rings. The molecule has 0 bridgehead atoms. The van der Waals surface area contributed by atoms with Gasteiger partial charge in [0.25, 0.3) is 0 Å². The van der Waals surface area contributed by atoms with Crippen LogP contribution in [0.4, 0.5) is 0 Å². The van der Waals surface area contributed by atoms with Crippen molar-refractivity contribution in [2.75, 3.05) is 13.7 Å². The molecule has 0 saturated carbocycles. The Labute approximate surface area is 183 Å². The minimum Gasteiger partial charge on any atom is -0.504 e.